The molecular formula is C54H44NO2P. The number of rotatable bonds is 9. The Kier molecular flexibility index (Phi) is 9.40. The first-order valence-electron chi connectivity index (χ1n) is 20.4. The van der Waals surface area contributed by atoms with Crippen molar-refractivity contribution in [1.82, 2.24) is 0 Å². The number of fused-ring (bicyclic) bond motifs is 3. The van der Waals surface area contributed by atoms with Gasteiger partial charge in [0.25, 0.3) is 0 Å². The van der Waals surface area contributed by atoms with Gasteiger partial charge in [0.15, 0.2) is 7.14 Å². The van der Waals surface area contributed by atoms with Gasteiger partial charge in [-0.15, -0.1) is 0 Å². The quantitative estimate of drug-likeness (QED) is 0.137. The molecule has 0 radical (unpaired) electrons. The Morgan fingerprint density at radius 3 is 1.50 bits per heavy atom. The third-order valence-electron chi connectivity index (χ3n) is 12.2. The van der Waals surface area contributed by atoms with Crippen molar-refractivity contribution >= 4 is 62.1 Å². The molecule has 1 aliphatic carbocycles. The van der Waals surface area contributed by atoms with Crippen molar-refractivity contribution in [3.63, 3.8) is 0 Å². The van der Waals surface area contributed by atoms with Crippen LogP contribution in [0.15, 0.2) is 211 Å². The molecule has 4 heteroatoms. The lowest BCUT2D eigenvalue weighted by molar-refractivity contribution is 0.346. The van der Waals surface area contributed by atoms with E-state index in [2.05, 4.69) is 132 Å². The zero-order chi connectivity index (χ0) is 38.9. The first-order chi connectivity index (χ1) is 28.6. The van der Waals surface area contributed by atoms with Crippen molar-refractivity contribution in [2.24, 2.45) is 0 Å². The van der Waals surface area contributed by atoms with Crippen LogP contribution >= 0.6 is 7.14 Å². The summed E-state index contributed by atoms with van der Waals surface area (Å²) < 4.78 is 22.5. The number of benzene rings is 8. The zero-order valence-corrected chi connectivity index (χ0v) is 33.3. The molecule has 0 bridgehead atoms. The minimum Gasteiger partial charge on any atom is -0.455 e. The van der Waals surface area contributed by atoms with Crippen LogP contribution in [-0.2, 0) is 9.98 Å². The van der Waals surface area contributed by atoms with Crippen molar-refractivity contribution in [2.45, 2.75) is 37.5 Å². The van der Waals surface area contributed by atoms with E-state index in [4.69, 9.17) is 4.42 Å². The van der Waals surface area contributed by atoms with E-state index in [9.17, 15) is 0 Å². The second-order valence-electron chi connectivity index (χ2n) is 15.5. The minimum atomic E-state index is -3.36. The Morgan fingerprint density at radius 2 is 0.931 bits per heavy atom. The van der Waals surface area contributed by atoms with Gasteiger partial charge in [-0.3, -0.25) is 0 Å². The minimum absolute atomic E-state index is 0.0775. The number of anilines is 3. The van der Waals surface area contributed by atoms with E-state index in [-0.39, 0.29) is 5.41 Å². The van der Waals surface area contributed by atoms with Crippen LogP contribution in [0.5, 0.6) is 0 Å². The highest BCUT2D eigenvalue weighted by Crippen LogP contribution is 2.49. The molecule has 9 aromatic rings. The summed E-state index contributed by atoms with van der Waals surface area (Å²) in [6.07, 6.45) is 5.89. The summed E-state index contributed by atoms with van der Waals surface area (Å²) in [5.41, 5.74) is 9.64. The van der Waals surface area contributed by atoms with Gasteiger partial charge in [-0.05, 0) is 89.7 Å². The van der Waals surface area contributed by atoms with Crippen LogP contribution < -0.4 is 20.8 Å². The number of para-hydroxylation sites is 3. The van der Waals surface area contributed by atoms with Crippen LogP contribution in [0, 0.1) is 0 Å². The van der Waals surface area contributed by atoms with Gasteiger partial charge >= 0.3 is 0 Å². The van der Waals surface area contributed by atoms with E-state index in [0.29, 0.717) is 5.58 Å². The van der Waals surface area contributed by atoms with Crippen LogP contribution in [0.4, 0.5) is 17.1 Å². The maximum Gasteiger partial charge on any atom is 0.174 e. The molecule has 1 saturated carbocycles. The van der Waals surface area contributed by atoms with E-state index >= 15 is 4.57 Å². The normalized spacial score (nSPS) is 14.1. The lowest BCUT2D eigenvalue weighted by atomic mass is 9.65. The van der Waals surface area contributed by atoms with Gasteiger partial charge in [0.05, 0.1) is 5.30 Å². The molecule has 1 heterocycles. The predicted octanol–water partition coefficient (Wildman–Crippen LogP) is 13.6. The van der Waals surface area contributed by atoms with Crippen molar-refractivity contribution in [2.75, 3.05) is 4.90 Å². The van der Waals surface area contributed by atoms with Crippen LogP contribution in [0.1, 0.15) is 43.2 Å². The zero-order valence-electron chi connectivity index (χ0n) is 32.4. The van der Waals surface area contributed by atoms with E-state index in [1.165, 1.54) is 30.4 Å². The second-order valence-corrected chi connectivity index (χ2v) is 18.3. The number of hydrogen-bond acceptors (Lipinski definition) is 3. The third kappa shape index (κ3) is 6.28. The molecule has 1 fully saturated rings. The first kappa shape index (κ1) is 36.0. The average Bonchev–Trinajstić information content (AvgIpc) is 3.69. The fourth-order valence-electron chi connectivity index (χ4n) is 9.32. The molecule has 0 spiro atoms. The van der Waals surface area contributed by atoms with Crippen LogP contribution in [0.25, 0.3) is 33.1 Å². The molecule has 0 N–H and O–H groups in total. The summed E-state index contributed by atoms with van der Waals surface area (Å²) in [6.45, 7) is 0. The van der Waals surface area contributed by atoms with Crippen LogP contribution in [0.2, 0.25) is 0 Å². The van der Waals surface area contributed by atoms with Gasteiger partial charge in [0.1, 0.15) is 11.2 Å². The average molecular weight is 770 g/mol. The maximum absolute atomic E-state index is 15.9. The molecule has 0 aliphatic heterocycles. The monoisotopic (exact) mass is 769 g/mol. The lowest BCUT2D eigenvalue weighted by Crippen LogP contribution is -2.30. The van der Waals surface area contributed by atoms with Crippen molar-refractivity contribution < 1.29 is 8.98 Å². The van der Waals surface area contributed by atoms with E-state index in [0.717, 1.165) is 73.3 Å². The molecule has 0 unspecified atom stereocenters. The second kappa shape index (κ2) is 15.2. The summed E-state index contributed by atoms with van der Waals surface area (Å²) in [6, 6.07) is 72.1. The molecule has 0 amide bonds. The van der Waals surface area contributed by atoms with Crippen LogP contribution in [0.3, 0.4) is 0 Å². The summed E-state index contributed by atoms with van der Waals surface area (Å²) in [5, 5.41) is 4.30. The van der Waals surface area contributed by atoms with Gasteiger partial charge in [-0.2, -0.15) is 0 Å². The highest BCUT2D eigenvalue weighted by atomic mass is 31.2. The Balaban J connectivity index is 1.08. The van der Waals surface area contributed by atoms with Gasteiger partial charge in [0, 0.05) is 43.9 Å². The summed E-state index contributed by atoms with van der Waals surface area (Å²) in [7, 11) is -3.36. The molecule has 0 saturated heterocycles. The van der Waals surface area contributed by atoms with Crippen molar-refractivity contribution in [3.05, 3.63) is 217 Å². The predicted molar refractivity (Wildman–Crippen MR) is 244 cm³/mol. The van der Waals surface area contributed by atoms with Gasteiger partial charge < -0.3 is 13.9 Å². The van der Waals surface area contributed by atoms with E-state index < -0.39 is 7.14 Å². The Morgan fingerprint density at radius 1 is 0.448 bits per heavy atom. The molecule has 10 rings (SSSR count). The smallest absolute Gasteiger partial charge is 0.174 e. The Hall–Kier alpha value is -6.41. The van der Waals surface area contributed by atoms with Gasteiger partial charge in [-0.1, -0.05) is 171 Å². The van der Waals surface area contributed by atoms with Gasteiger partial charge in [-0.25, -0.2) is 0 Å². The lowest BCUT2D eigenvalue weighted by Gasteiger charge is -2.39. The van der Waals surface area contributed by atoms with E-state index in [1.54, 1.807) is 0 Å². The molecule has 8 aromatic carbocycles. The Bertz CT molecular complexity index is 2780. The summed E-state index contributed by atoms with van der Waals surface area (Å²) >= 11 is 0. The topological polar surface area (TPSA) is 33.5 Å². The molecule has 3 nitrogen and oxygen atoms in total. The van der Waals surface area contributed by atoms with Crippen molar-refractivity contribution in [3.8, 4) is 11.1 Å². The molecular weight excluding hydrogens is 726 g/mol. The fourth-order valence-corrected chi connectivity index (χ4v) is 12.1. The first-order valence-corrected chi connectivity index (χ1v) is 22.1. The molecule has 58 heavy (non-hydrogen) atoms. The summed E-state index contributed by atoms with van der Waals surface area (Å²) in [4.78, 5) is 2.33. The number of hydrogen-bond donors (Lipinski definition) is 0. The fraction of sp³-hybridized carbons (Fsp3) is 0.111. The highest BCUT2D eigenvalue weighted by molar-refractivity contribution is 7.85. The van der Waals surface area contributed by atoms with Crippen molar-refractivity contribution in [1.29, 1.82) is 0 Å². The third-order valence-corrected chi connectivity index (χ3v) is 15.3. The summed E-state index contributed by atoms with van der Waals surface area (Å²) in [5.74, 6) is 0. The highest BCUT2D eigenvalue weighted by Gasteiger charge is 2.37. The largest absolute Gasteiger partial charge is 0.455 e. The SMILES string of the molecule is O=P(c1ccccc1)(c1ccccc1)c1cc(-c2ccc(C3(c4ccc(N(c5ccccc5)c5ccccc5)cc4)CCCCC3)cc2)cc2c1oc1ccccc12. The molecule has 1 aliphatic rings. The maximum atomic E-state index is 15.9. The molecule has 0 atom stereocenters. The number of furan rings is 1. The number of nitrogens with zero attached hydrogens (tertiary/aromatic N) is 1. The van der Waals surface area contributed by atoms with E-state index in [1.807, 2.05) is 78.9 Å². The molecule has 1 aromatic heterocycles. The Labute approximate surface area is 340 Å². The van der Waals surface area contributed by atoms with Crippen LogP contribution in [-0.4, -0.2) is 0 Å². The molecule has 282 valence electrons. The standard InChI is InChI=1S/C54H44NO2P/c56-58(47-22-10-3-11-23-47,48-24-12-4-13-25-48)52-39-41(38-50-49-26-14-15-27-51(49)57-53(50)52)40-28-30-42(31-29-40)54(36-16-5-17-37-54)43-32-34-46(35-33-43)55(44-18-6-1-7-19-44)45-20-8-2-9-21-45/h1-4,6-15,18-35,38-39H,5,16-17,36-37H2. The van der Waals surface area contributed by atoms with Gasteiger partial charge in [0.2, 0.25) is 0 Å².